The topological polar surface area (TPSA) is 34.9 Å². The molecule has 0 amide bonds. The molecule has 0 saturated heterocycles. The number of aldehydes is 1. The van der Waals surface area contributed by atoms with Gasteiger partial charge >= 0.3 is 0 Å². The van der Waals surface area contributed by atoms with Gasteiger partial charge in [0.05, 0.1) is 5.75 Å². The molecule has 4 heteroatoms. The third-order valence-electron chi connectivity index (χ3n) is 2.50. The fourth-order valence-electron chi connectivity index (χ4n) is 1.59. The molecule has 88 valence electrons. The first-order valence-corrected chi connectivity index (χ1v) is 6.50. The monoisotopic (exact) mass is 246 g/mol. The molecule has 0 unspecified atom stereocenters. The van der Waals surface area contributed by atoms with Crippen LogP contribution in [0.1, 0.15) is 23.1 Å². The molecule has 0 fully saturated rings. The third kappa shape index (κ3) is 2.97. The van der Waals surface area contributed by atoms with E-state index in [0.717, 1.165) is 29.3 Å². The molecule has 17 heavy (non-hydrogen) atoms. The van der Waals surface area contributed by atoms with Crippen molar-refractivity contribution in [3.8, 4) is 0 Å². The highest BCUT2D eigenvalue weighted by Crippen LogP contribution is 2.22. The highest BCUT2D eigenvalue weighted by Gasteiger charge is 2.02. The van der Waals surface area contributed by atoms with Gasteiger partial charge in [-0.25, -0.2) is 4.98 Å². The summed E-state index contributed by atoms with van der Waals surface area (Å²) >= 11 is 1.69. The largest absolute Gasteiger partial charge is 0.335 e. The van der Waals surface area contributed by atoms with Gasteiger partial charge in [-0.15, -0.1) is 11.8 Å². The molecule has 0 N–H and O–H groups in total. The lowest BCUT2D eigenvalue weighted by atomic mass is 10.2. The van der Waals surface area contributed by atoms with E-state index in [-0.39, 0.29) is 0 Å². The molecule has 1 heterocycles. The second kappa shape index (κ2) is 5.68. The van der Waals surface area contributed by atoms with E-state index in [4.69, 9.17) is 0 Å². The van der Waals surface area contributed by atoms with Gasteiger partial charge in [0.2, 0.25) is 0 Å². The van der Waals surface area contributed by atoms with Crippen LogP contribution < -0.4 is 0 Å². The molecule has 0 radical (unpaired) electrons. The molecular formula is C13H14N2OS. The van der Waals surface area contributed by atoms with Gasteiger partial charge in [-0.1, -0.05) is 12.1 Å². The Hall–Kier alpha value is -1.55. The molecule has 0 aliphatic rings. The summed E-state index contributed by atoms with van der Waals surface area (Å²) in [5, 5.41) is 0. The number of carbonyl (C=O) groups is 1. The van der Waals surface area contributed by atoms with Crippen molar-refractivity contribution in [2.45, 2.75) is 24.1 Å². The Labute approximate surface area is 105 Å². The minimum atomic E-state index is 0.717. The fraction of sp³-hybridized carbons (Fsp3) is 0.231. The van der Waals surface area contributed by atoms with Crippen molar-refractivity contribution >= 4 is 18.0 Å². The zero-order chi connectivity index (χ0) is 12.1. The van der Waals surface area contributed by atoms with Gasteiger partial charge in [-0.3, -0.25) is 4.79 Å². The highest BCUT2D eigenvalue weighted by molar-refractivity contribution is 7.98. The zero-order valence-corrected chi connectivity index (χ0v) is 10.5. The Morgan fingerprint density at radius 3 is 3.12 bits per heavy atom. The predicted octanol–water partition coefficient (Wildman–Crippen LogP) is 3.01. The van der Waals surface area contributed by atoms with Crippen LogP contribution in [-0.4, -0.2) is 15.8 Å². The lowest BCUT2D eigenvalue weighted by molar-refractivity contribution is 0.112. The molecule has 2 aromatic rings. The maximum atomic E-state index is 10.7. The SMILES string of the molecule is CCn1ccnc1CSc1cccc(C=O)c1. The number of carbonyl (C=O) groups excluding carboxylic acids is 1. The summed E-state index contributed by atoms with van der Waals surface area (Å²) in [6.45, 7) is 3.03. The minimum absolute atomic E-state index is 0.717. The smallest absolute Gasteiger partial charge is 0.150 e. The van der Waals surface area contributed by atoms with E-state index in [9.17, 15) is 4.79 Å². The van der Waals surface area contributed by atoms with Gasteiger partial charge in [-0.2, -0.15) is 0 Å². The molecule has 1 aromatic heterocycles. The van der Waals surface area contributed by atoms with Crippen LogP contribution in [0.4, 0.5) is 0 Å². The first-order valence-electron chi connectivity index (χ1n) is 5.51. The van der Waals surface area contributed by atoms with Gasteiger partial charge in [-0.05, 0) is 19.1 Å². The van der Waals surface area contributed by atoms with Gasteiger partial charge in [0.15, 0.2) is 0 Å². The molecule has 0 bridgehead atoms. The standard InChI is InChI=1S/C13H14N2OS/c1-2-15-7-6-14-13(15)10-17-12-5-3-4-11(8-12)9-16/h3-9H,2,10H2,1H3. The van der Waals surface area contributed by atoms with Crippen molar-refractivity contribution in [3.05, 3.63) is 48.0 Å². The average Bonchev–Trinajstić information content (AvgIpc) is 2.84. The number of hydrogen-bond acceptors (Lipinski definition) is 3. The number of hydrogen-bond donors (Lipinski definition) is 0. The highest BCUT2D eigenvalue weighted by atomic mass is 32.2. The predicted molar refractivity (Wildman–Crippen MR) is 69.3 cm³/mol. The Bertz CT molecular complexity index is 508. The van der Waals surface area contributed by atoms with Crippen LogP contribution in [0, 0.1) is 0 Å². The number of thioether (sulfide) groups is 1. The lowest BCUT2D eigenvalue weighted by Gasteiger charge is -2.04. The second-order valence-electron chi connectivity index (χ2n) is 3.61. The summed E-state index contributed by atoms with van der Waals surface area (Å²) in [6, 6.07) is 7.62. The Morgan fingerprint density at radius 2 is 2.35 bits per heavy atom. The Kier molecular flexibility index (Phi) is 3.98. The van der Waals surface area contributed by atoms with Crippen molar-refractivity contribution in [3.63, 3.8) is 0 Å². The second-order valence-corrected chi connectivity index (χ2v) is 4.66. The van der Waals surface area contributed by atoms with E-state index >= 15 is 0 Å². The van der Waals surface area contributed by atoms with E-state index in [0.29, 0.717) is 5.56 Å². The van der Waals surface area contributed by atoms with Crippen LogP contribution >= 0.6 is 11.8 Å². The molecule has 1 aromatic carbocycles. The van der Waals surface area contributed by atoms with E-state index in [2.05, 4.69) is 16.5 Å². The lowest BCUT2D eigenvalue weighted by Crippen LogP contribution is -1.98. The minimum Gasteiger partial charge on any atom is -0.335 e. The third-order valence-corrected chi connectivity index (χ3v) is 3.49. The molecule has 0 atom stereocenters. The number of rotatable bonds is 5. The van der Waals surface area contributed by atoms with E-state index < -0.39 is 0 Å². The number of aryl methyl sites for hydroxylation is 1. The molecular weight excluding hydrogens is 232 g/mol. The molecule has 2 rings (SSSR count). The van der Waals surface area contributed by atoms with Crippen molar-refractivity contribution in [2.75, 3.05) is 0 Å². The first kappa shape index (κ1) is 11.9. The van der Waals surface area contributed by atoms with Crippen molar-refractivity contribution in [2.24, 2.45) is 0 Å². The van der Waals surface area contributed by atoms with Gasteiger partial charge < -0.3 is 4.57 Å². The van der Waals surface area contributed by atoms with Crippen molar-refractivity contribution in [1.29, 1.82) is 0 Å². The maximum Gasteiger partial charge on any atom is 0.150 e. The molecule has 0 spiro atoms. The van der Waals surface area contributed by atoms with Crippen LogP contribution in [0.5, 0.6) is 0 Å². The van der Waals surface area contributed by atoms with Crippen molar-refractivity contribution in [1.82, 2.24) is 9.55 Å². The molecule has 0 aliphatic carbocycles. The Balaban J connectivity index is 2.04. The van der Waals surface area contributed by atoms with E-state index in [1.807, 2.05) is 36.7 Å². The average molecular weight is 246 g/mol. The summed E-state index contributed by atoms with van der Waals surface area (Å²) in [5.41, 5.74) is 0.717. The van der Waals surface area contributed by atoms with Crippen LogP contribution in [-0.2, 0) is 12.3 Å². The summed E-state index contributed by atoms with van der Waals surface area (Å²) in [7, 11) is 0. The van der Waals surface area contributed by atoms with E-state index in [1.165, 1.54) is 0 Å². The number of aromatic nitrogens is 2. The van der Waals surface area contributed by atoms with Gasteiger partial charge in [0.25, 0.3) is 0 Å². The molecule has 0 saturated carbocycles. The van der Waals surface area contributed by atoms with Crippen LogP contribution in [0.3, 0.4) is 0 Å². The normalized spacial score (nSPS) is 10.4. The van der Waals surface area contributed by atoms with Gasteiger partial charge in [0, 0.05) is 29.4 Å². The number of benzene rings is 1. The zero-order valence-electron chi connectivity index (χ0n) is 9.67. The number of imidazole rings is 1. The molecule has 3 nitrogen and oxygen atoms in total. The number of nitrogens with zero attached hydrogens (tertiary/aromatic N) is 2. The molecule has 0 aliphatic heterocycles. The Morgan fingerprint density at radius 1 is 1.47 bits per heavy atom. The fourth-order valence-corrected chi connectivity index (χ4v) is 2.52. The summed E-state index contributed by atoms with van der Waals surface area (Å²) < 4.78 is 2.12. The summed E-state index contributed by atoms with van der Waals surface area (Å²) in [4.78, 5) is 16.1. The quantitative estimate of drug-likeness (QED) is 0.601. The maximum absolute atomic E-state index is 10.7. The summed E-state index contributed by atoms with van der Waals surface area (Å²) in [5.74, 6) is 1.89. The van der Waals surface area contributed by atoms with Crippen LogP contribution in [0.15, 0.2) is 41.6 Å². The van der Waals surface area contributed by atoms with Crippen LogP contribution in [0.25, 0.3) is 0 Å². The van der Waals surface area contributed by atoms with Crippen molar-refractivity contribution < 1.29 is 4.79 Å². The first-order chi connectivity index (χ1) is 8.33. The van der Waals surface area contributed by atoms with E-state index in [1.54, 1.807) is 11.8 Å². The summed E-state index contributed by atoms with van der Waals surface area (Å²) in [6.07, 6.45) is 4.68. The van der Waals surface area contributed by atoms with Crippen LogP contribution in [0.2, 0.25) is 0 Å². The van der Waals surface area contributed by atoms with Gasteiger partial charge in [0.1, 0.15) is 12.1 Å².